The zero-order chi connectivity index (χ0) is 9.31. The Morgan fingerprint density at radius 2 is 1.62 bits per heavy atom. The van der Waals surface area contributed by atoms with Crippen molar-refractivity contribution in [1.29, 1.82) is 5.26 Å². The normalized spacial score (nSPS) is 44.0. The summed E-state index contributed by atoms with van der Waals surface area (Å²) in [6, 6.07) is 2.16. The van der Waals surface area contributed by atoms with Crippen LogP contribution in [0, 0.1) is 23.2 Å². The van der Waals surface area contributed by atoms with Crippen molar-refractivity contribution in [2.75, 3.05) is 0 Å². The molecule has 0 atom stereocenters. The van der Waals surface area contributed by atoms with Crippen molar-refractivity contribution >= 4 is 0 Å². The van der Waals surface area contributed by atoms with Crippen LogP contribution in [0.2, 0.25) is 0 Å². The Morgan fingerprint density at radius 1 is 1.15 bits per heavy atom. The first-order valence-electron chi connectivity index (χ1n) is 5.36. The minimum atomic E-state index is -0.620. The third-order valence-electron chi connectivity index (χ3n) is 3.99. The number of hydrogen-bond acceptors (Lipinski definition) is 2. The molecular formula is C11H17NO. The summed E-state index contributed by atoms with van der Waals surface area (Å²) in [6.45, 7) is 0. The quantitative estimate of drug-likeness (QED) is 0.670. The van der Waals surface area contributed by atoms with E-state index in [1.165, 1.54) is 12.8 Å². The van der Waals surface area contributed by atoms with E-state index in [-0.39, 0.29) is 0 Å². The van der Waals surface area contributed by atoms with Crippen LogP contribution in [0.4, 0.5) is 0 Å². The van der Waals surface area contributed by atoms with Crippen LogP contribution in [-0.4, -0.2) is 10.7 Å². The van der Waals surface area contributed by atoms with E-state index in [9.17, 15) is 5.11 Å². The highest BCUT2D eigenvalue weighted by molar-refractivity contribution is 5.03. The Kier molecular flexibility index (Phi) is 2.29. The maximum Gasteiger partial charge on any atom is 0.0833 e. The van der Waals surface area contributed by atoms with E-state index in [1.54, 1.807) is 0 Å². The molecule has 0 unspecified atom stereocenters. The summed E-state index contributed by atoms with van der Waals surface area (Å²) in [4.78, 5) is 0. The Balaban J connectivity index is 2.19. The molecule has 0 saturated heterocycles. The molecule has 2 fully saturated rings. The molecular weight excluding hydrogens is 162 g/mol. The summed E-state index contributed by atoms with van der Waals surface area (Å²) >= 11 is 0. The van der Waals surface area contributed by atoms with E-state index < -0.39 is 5.60 Å². The number of aliphatic hydroxyl groups is 1. The molecule has 72 valence electrons. The van der Waals surface area contributed by atoms with Gasteiger partial charge in [0.2, 0.25) is 0 Å². The monoisotopic (exact) mass is 179 g/mol. The van der Waals surface area contributed by atoms with Gasteiger partial charge in [-0.25, -0.2) is 0 Å². The van der Waals surface area contributed by atoms with Gasteiger partial charge in [-0.3, -0.25) is 0 Å². The smallest absolute Gasteiger partial charge is 0.0833 e. The van der Waals surface area contributed by atoms with Gasteiger partial charge in [-0.2, -0.15) is 5.26 Å². The highest BCUT2D eigenvalue weighted by atomic mass is 16.3. The Labute approximate surface area is 79.6 Å². The molecule has 0 radical (unpaired) electrons. The fourth-order valence-electron chi connectivity index (χ4n) is 3.26. The molecule has 2 saturated carbocycles. The van der Waals surface area contributed by atoms with E-state index in [4.69, 9.17) is 5.26 Å². The van der Waals surface area contributed by atoms with E-state index in [0.29, 0.717) is 18.3 Å². The summed E-state index contributed by atoms with van der Waals surface area (Å²) in [5.41, 5.74) is -0.620. The largest absolute Gasteiger partial charge is 0.388 e. The molecule has 0 aromatic heterocycles. The number of hydrogen-bond donors (Lipinski definition) is 1. The fraction of sp³-hybridized carbons (Fsp3) is 0.909. The molecule has 0 spiro atoms. The van der Waals surface area contributed by atoms with Crippen LogP contribution in [0.25, 0.3) is 0 Å². The van der Waals surface area contributed by atoms with E-state index in [0.717, 1.165) is 25.7 Å². The lowest BCUT2D eigenvalue weighted by molar-refractivity contribution is -0.115. The summed E-state index contributed by atoms with van der Waals surface area (Å²) in [5.74, 6) is 0.833. The maximum atomic E-state index is 10.4. The second kappa shape index (κ2) is 3.31. The standard InChI is InChI=1S/C11H17NO/c12-8-7-11(13)9-3-1-4-10(11)6-2-5-9/h9-10,13H,1-7H2. The molecule has 0 amide bonds. The molecule has 0 aromatic rings. The van der Waals surface area contributed by atoms with Gasteiger partial charge in [0.15, 0.2) is 0 Å². The molecule has 2 bridgehead atoms. The van der Waals surface area contributed by atoms with Gasteiger partial charge in [0.25, 0.3) is 0 Å². The molecule has 1 N–H and O–H groups in total. The SMILES string of the molecule is N#CCC1(O)C2CCCC1CCC2. The molecule has 2 nitrogen and oxygen atoms in total. The van der Waals surface area contributed by atoms with Crippen molar-refractivity contribution < 1.29 is 5.11 Å². The first-order valence-corrected chi connectivity index (χ1v) is 5.36. The highest BCUT2D eigenvalue weighted by Crippen LogP contribution is 2.48. The molecule has 2 aliphatic carbocycles. The van der Waals surface area contributed by atoms with Gasteiger partial charge in [0.1, 0.15) is 0 Å². The van der Waals surface area contributed by atoms with Crippen LogP contribution in [0.3, 0.4) is 0 Å². The molecule has 2 heteroatoms. The zero-order valence-corrected chi connectivity index (χ0v) is 8.00. The van der Waals surface area contributed by atoms with Crippen LogP contribution in [0.15, 0.2) is 0 Å². The first-order chi connectivity index (χ1) is 6.27. The van der Waals surface area contributed by atoms with Crippen molar-refractivity contribution in [3.05, 3.63) is 0 Å². The Bertz CT molecular complexity index is 209. The van der Waals surface area contributed by atoms with Crippen LogP contribution in [0.1, 0.15) is 44.9 Å². The fourth-order valence-corrected chi connectivity index (χ4v) is 3.26. The van der Waals surface area contributed by atoms with Gasteiger partial charge >= 0.3 is 0 Å². The molecule has 0 aromatic carbocycles. The average molecular weight is 179 g/mol. The van der Waals surface area contributed by atoms with Crippen molar-refractivity contribution in [2.45, 2.75) is 50.5 Å². The van der Waals surface area contributed by atoms with E-state index >= 15 is 0 Å². The third kappa shape index (κ3) is 1.36. The molecule has 0 heterocycles. The summed E-state index contributed by atoms with van der Waals surface area (Å²) in [5, 5.41) is 19.2. The van der Waals surface area contributed by atoms with Crippen molar-refractivity contribution in [1.82, 2.24) is 0 Å². The molecule has 0 aliphatic heterocycles. The topological polar surface area (TPSA) is 44.0 Å². The summed E-state index contributed by atoms with van der Waals surface area (Å²) < 4.78 is 0. The van der Waals surface area contributed by atoms with Crippen molar-refractivity contribution in [3.63, 3.8) is 0 Å². The lowest BCUT2D eigenvalue weighted by Gasteiger charge is -2.48. The molecule has 2 rings (SSSR count). The minimum Gasteiger partial charge on any atom is -0.388 e. The predicted molar refractivity (Wildman–Crippen MR) is 49.9 cm³/mol. The van der Waals surface area contributed by atoms with Gasteiger partial charge in [-0.05, 0) is 37.5 Å². The van der Waals surface area contributed by atoms with Gasteiger partial charge in [0.05, 0.1) is 18.1 Å². The lowest BCUT2D eigenvalue weighted by Crippen LogP contribution is -2.50. The van der Waals surface area contributed by atoms with Gasteiger partial charge in [-0.1, -0.05) is 12.8 Å². The highest BCUT2D eigenvalue weighted by Gasteiger charge is 2.47. The van der Waals surface area contributed by atoms with Crippen molar-refractivity contribution in [2.24, 2.45) is 11.8 Å². The van der Waals surface area contributed by atoms with Gasteiger partial charge in [0, 0.05) is 0 Å². The van der Waals surface area contributed by atoms with Crippen molar-refractivity contribution in [3.8, 4) is 6.07 Å². The van der Waals surface area contributed by atoms with E-state index in [2.05, 4.69) is 6.07 Å². The summed E-state index contributed by atoms with van der Waals surface area (Å²) in [6.07, 6.45) is 7.39. The average Bonchev–Trinajstić information content (AvgIpc) is 2.02. The van der Waals surface area contributed by atoms with Crippen LogP contribution in [-0.2, 0) is 0 Å². The maximum absolute atomic E-state index is 10.4. The first kappa shape index (κ1) is 9.02. The molecule has 13 heavy (non-hydrogen) atoms. The second-order valence-electron chi connectivity index (χ2n) is 4.58. The Hall–Kier alpha value is -0.550. The summed E-state index contributed by atoms with van der Waals surface area (Å²) in [7, 11) is 0. The van der Waals surface area contributed by atoms with E-state index in [1.807, 2.05) is 0 Å². The number of nitrogens with zero attached hydrogens (tertiary/aromatic N) is 1. The van der Waals surface area contributed by atoms with Gasteiger partial charge in [-0.15, -0.1) is 0 Å². The number of nitriles is 1. The van der Waals surface area contributed by atoms with Gasteiger partial charge < -0.3 is 5.11 Å². The van der Waals surface area contributed by atoms with Crippen LogP contribution >= 0.6 is 0 Å². The minimum absolute atomic E-state index is 0.350. The third-order valence-corrected chi connectivity index (χ3v) is 3.99. The second-order valence-corrected chi connectivity index (χ2v) is 4.58. The predicted octanol–water partition coefficient (Wildman–Crippen LogP) is 2.23. The zero-order valence-electron chi connectivity index (χ0n) is 8.00. The number of rotatable bonds is 1. The Morgan fingerprint density at radius 3 is 2.00 bits per heavy atom. The number of fused-ring (bicyclic) bond motifs is 2. The van der Waals surface area contributed by atoms with Crippen LogP contribution in [0.5, 0.6) is 0 Å². The van der Waals surface area contributed by atoms with Crippen LogP contribution < -0.4 is 0 Å². The lowest BCUT2D eigenvalue weighted by atomic mass is 9.60. The molecule has 2 aliphatic rings.